The van der Waals surface area contributed by atoms with Gasteiger partial charge in [-0.2, -0.15) is 0 Å². The van der Waals surface area contributed by atoms with Crippen molar-refractivity contribution >= 4 is 27.1 Å². The maximum atomic E-state index is 12.6. The van der Waals surface area contributed by atoms with Crippen molar-refractivity contribution in [2.45, 2.75) is 18.2 Å². The molecule has 0 unspecified atom stereocenters. The molecule has 1 N–H and O–H groups in total. The van der Waals surface area contributed by atoms with E-state index in [1.807, 2.05) is 0 Å². The average molecular weight is 378 g/mol. The Kier molecular flexibility index (Phi) is 5.93. The third kappa shape index (κ3) is 4.17. The smallest absolute Gasteiger partial charge is 0.273 e. The van der Waals surface area contributed by atoms with Crippen molar-refractivity contribution in [2.24, 2.45) is 0 Å². The number of rotatable bonds is 7. The Bertz CT molecular complexity index is 940. The van der Waals surface area contributed by atoms with Crippen LogP contribution in [0.15, 0.2) is 47.4 Å². The molecule has 0 heterocycles. The number of sulfone groups is 1. The SMILES string of the molecule is CCCS(=O)(=O)c1ccccc1C(=O)Nc1ccc([N+](=O)[O-])cc1OC. The lowest BCUT2D eigenvalue weighted by atomic mass is 10.2. The Morgan fingerprint density at radius 1 is 1.23 bits per heavy atom. The van der Waals surface area contributed by atoms with Crippen LogP contribution in [0.25, 0.3) is 0 Å². The van der Waals surface area contributed by atoms with Crippen molar-refractivity contribution in [3.05, 3.63) is 58.1 Å². The molecule has 9 heteroatoms. The van der Waals surface area contributed by atoms with E-state index >= 15 is 0 Å². The maximum Gasteiger partial charge on any atom is 0.273 e. The summed E-state index contributed by atoms with van der Waals surface area (Å²) in [7, 11) is -2.28. The Balaban J connectivity index is 2.39. The van der Waals surface area contributed by atoms with Crippen LogP contribution in [-0.4, -0.2) is 32.1 Å². The van der Waals surface area contributed by atoms with Crippen molar-refractivity contribution in [2.75, 3.05) is 18.2 Å². The zero-order valence-electron chi connectivity index (χ0n) is 14.3. The van der Waals surface area contributed by atoms with Gasteiger partial charge in [0, 0.05) is 6.07 Å². The van der Waals surface area contributed by atoms with Gasteiger partial charge in [0.1, 0.15) is 5.75 Å². The zero-order valence-corrected chi connectivity index (χ0v) is 15.1. The molecule has 0 radical (unpaired) electrons. The minimum Gasteiger partial charge on any atom is -0.494 e. The molecule has 0 aliphatic rings. The van der Waals surface area contributed by atoms with Crippen LogP contribution in [0, 0.1) is 10.1 Å². The first-order valence-electron chi connectivity index (χ1n) is 7.75. The van der Waals surface area contributed by atoms with E-state index in [2.05, 4.69) is 5.32 Å². The fraction of sp³-hybridized carbons (Fsp3) is 0.235. The van der Waals surface area contributed by atoms with Gasteiger partial charge < -0.3 is 10.1 Å². The Hall–Kier alpha value is -2.94. The molecule has 138 valence electrons. The van der Waals surface area contributed by atoms with Crippen molar-refractivity contribution in [3.63, 3.8) is 0 Å². The lowest BCUT2D eigenvalue weighted by Crippen LogP contribution is -2.18. The molecule has 0 aliphatic carbocycles. The standard InChI is InChI=1S/C17H18N2O6S/c1-3-10-26(23,24)16-7-5-4-6-13(16)17(20)18-14-9-8-12(19(21)22)11-15(14)25-2/h4-9,11H,3,10H2,1-2H3,(H,18,20). The first-order chi connectivity index (χ1) is 12.3. The fourth-order valence-electron chi connectivity index (χ4n) is 2.39. The van der Waals surface area contributed by atoms with Crippen molar-refractivity contribution in [1.29, 1.82) is 0 Å². The number of carbonyl (C=O) groups excluding carboxylic acids is 1. The van der Waals surface area contributed by atoms with Crippen LogP contribution in [-0.2, 0) is 9.84 Å². The van der Waals surface area contributed by atoms with Crippen molar-refractivity contribution in [1.82, 2.24) is 0 Å². The molecule has 1 amide bonds. The Labute approximate surface area is 150 Å². The summed E-state index contributed by atoms with van der Waals surface area (Å²) in [6.45, 7) is 1.74. The van der Waals surface area contributed by atoms with E-state index in [9.17, 15) is 23.3 Å². The lowest BCUT2D eigenvalue weighted by molar-refractivity contribution is -0.384. The van der Waals surface area contributed by atoms with Gasteiger partial charge in [0.05, 0.1) is 40.0 Å². The summed E-state index contributed by atoms with van der Waals surface area (Å²) in [4.78, 5) is 22.8. The van der Waals surface area contributed by atoms with Gasteiger partial charge in [-0.1, -0.05) is 19.1 Å². The quantitative estimate of drug-likeness (QED) is 0.585. The van der Waals surface area contributed by atoms with Crippen LogP contribution in [0.2, 0.25) is 0 Å². The zero-order chi connectivity index (χ0) is 19.3. The summed E-state index contributed by atoms with van der Waals surface area (Å²) < 4.78 is 29.8. The summed E-state index contributed by atoms with van der Waals surface area (Å²) >= 11 is 0. The fourth-order valence-corrected chi connectivity index (χ4v) is 3.93. The normalized spacial score (nSPS) is 11.0. The van der Waals surface area contributed by atoms with Gasteiger partial charge in [-0.15, -0.1) is 0 Å². The minimum absolute atomic E-state index is 0.00126. The molecule has 0 spiro atoms. The molecule has 0 fully saturated rings. The molecule has 0 saturated heterocycles. The van der Waals surface area contributed by atoms with E-state index in [0.717, 1.165) is 0 Å². The van der Waals surface area contributed by atoms with Gasteiger partial charge in [-0.25, -0.2) is 8.42 Å². The highest BCUT2D eigenvalue weighted by Gasteiger charge is 2.22. The summed E-state index contributed by atoms with van der Waals surface area (Å²) in [5, 5.41) is 13.4. The molecule has 2 aromatic carbocycles. The number of amides is 1. The first-order valence-corrected chi connectivity index (χ1v) is 9.41. The number of ether oxygens (including phenoxy) is 1. The number of nitrogens with zero attached hydrogens (tertiary/aromatic N) is 1. The monoisotopic (exact) mass is 378 g/mol. The van der Waals surface area contributed by atoms with Gasteiger partial charge in [0.2, 0.25) is 0 Å². The Morgan fingerprint density at radius 3 is 2.54 bits per heavy atom. The van der Waals surface area contributed by atoms with Crippen LogP contribution in [0.1, 0.15) is 23.7 Å². The number of hydrogen-bond acceptors (Lipinski definition) is 6. The van der Waals surface area contributed by atoms with Gasteiger partial charge in [-0.3, -0.25) is 14.9 Å². The molecule has 0 atom stereocenters. The van der Waals surface area contributed by atoms with E-state index in [-0.39, 0.29) is 33.3 Å². The van der Waals surface area contributed by atoms with Crippen LogP contribution in [0.3, 0.4) is 0 Å². The van der Waals surface area contributed by atoms with Crippen LogP contribution < -0.4 is 10.1 Å². The molecule has 0 aromatic heterocycles. The van der Waals surface area contributed by atoms with Crippen LogP contribution in [0.5, 0.6) is 5.75 Å². The molecular formula is C17H18N2O6S. The first kappa shape index (κ1) is 19.4. The van der Waals surface area contributed by atoms with E-state index < -0.39 is 20.7 Å². The van der Waals surface area contributed by atoms with Gasteiger partial charge in [0.25, 0.3) is 11.6 Å². The summed E-state index contributed by atoms with van der Waals surface area (Å²) in [5.74, 6) is -0.619. The lowest BCUT2D eigenvalue weighted by Gasteiger charge is -2.12. The van der Waals surface area contributed by atoms with E-state index in [1.165, 1.54) is 37.4 Å². The van der Waals surface area contributed by atoms with E-state index in [1.54, 1.807) is 19.1 Å². The van der Waals surface area contributed by atoms with E-state index in [0.29, 0.717) is 6.42 Å². The third-order valence-electron chi connectivity index (χ3n) is 3.58. The number of anilines is 1. The number of nitrogens with one attached hydrogen (secondary N) is 1. The predicted octanol–water partition coefficient (Wildman–Crippen LogP) is 3.04. The summed E-state index contributed by atoms with van der Waals surface area (Å²) in [6, 6.07) is 9.63. The highest BCUT2D eigenvalue weighted by Crippen LogP contribution is 2.30. The molecule has 0 aliphatic heterocycles. The van der Waals surface area contributed by atoms with Gasteiger partial charge in [-0.05, 0) is 24.6 Å². The summed E-state index contributed by atoms with van der Waals surface area (Å²) in [5.41, 5.74) is 0.0120. The number of carbonyl (C=O) groups is 1. The number of nitro benzene ring substituents is 1. The molecule has 2 rings (SSSR count). The third-order valence-corrected chi connectivity index (χ3v) is 5.56. The largest absolute Gasteiger partial charge is 0.494 e. The number of non-ortho nitro benzene ring substituents is 1. The number of benzene rings is 2. The predicted molar refractivity (Wildman–Crippen MR) is 96.4 cm³/mol. The number of methoxy groups -OCH3 is 1. The average Bonchev–Trinajstić information content (AvgIpc) is 2.61. The van der Waals surface area contributed by atoms with Gasteiger partial charge >= 0.3 is 0 Å². The molecule has 0 bridgehead atoms. The second kappa shape index (κ2) is 7.96. The van der Waals surface area contributed by atoms with Crippen molar-refractivity contribution in [3.8, 4) is 5.75 Å². The van der Waals surface area contributed by atoms with Gasteiger partial charge in [0.15, 0.2) is 9.84 Å². The molecule has 2 aromatic rings. The molecule has 26 heavy (non-hydrogen) atoms. The second-order valence-electron chi connectivity index (χ2n) is 5.41. The second-order valence-corrected chi connectivity index (χ2v) is 7.49. The van der Waals surface area contributed by atoms with Crippen LogP contribution >= 0.6 is 0 Å². The highest BCUT2D eigenvalue weighted by molar-refractivity contribution is 7.91. The summed E-state index contributed by atoms with van der Waals surface area (Å²) in [6.07, 6.45) is 0.425. The number of nitro groups is 1. The molecule has 0 saturated carbocycles. The van der Waals surface area contributed by atoms with Crippen molar-refractivity contribution < 1.29 is 22.9 Å². The minimum atomic E-state index is -3.59. The molecule has 8 nitrogen and oxygen atoms in total. The number of hydrogen-bond donors (Lipinski definition) is 1. The highest BCUT2D eigenvalue weighted by atomic mass is 32.2. The maximum absolute atomic E-state index is 12.6. The Morgan fingerprint density at radius 2 is 1.92 bits per heavy atom. The topological polar surface area (TPSA) is 116 Å². The molecular weight excluding hydrogens is 360 g/mol. The van der Waals surface area contributed by atoms with Crippen LogP contribution in [0.4, 0.5) is 11.4 Å². The van der Waals surface area contributed by atoms with E-state index in [4.69, 9.17) is 4.74 Å².